The van der Waals surface area contributed by atoms with E-state index in [1.54, 1.807) is 6.26 Å². The minimum Gasteiger partial charge on any atom is -0.469 e. The van der Waals surface area contributed by atoms with E-state index in [2.05, 4.69) is 43.0 Å². The van der Waals surface area contributed by atoms with E-state index in [9.17, 15) is 0 Å². The van der Waals surface area contributed by atoms with Crippen molar-refractivity contribution < 1.29 is 9.15 Å². The second-order valence-electron chi connectivity index (χ2n) is 7.89. The van der Waals surface area contributed by atoms with Gasteiger partial charge in [-0.1, -0.05) is 24.6 Å². The van der Waals surface area contributed by atoms with Crippen molar-refractivity contribution in [2.24, 2.45) is 0 Å². The van der Waals surface area contributed by atoms with E-state index in [-0.39, 0.29) is 0 Å². The first-order valence-corrected chi connectivity index (χ1v) is 10.9. The summed E-state index contributed by atoms with van der Waals surface area (Å²) >= 11 is 0. The summed E-state index contributed by atoms with van der Waals surface area (Å²) in [5, 5.41) is 6.00. The Morgan fingerprint density at radius 2 is 1.81 bits per heavy atom. The second-order valence-corrected chi connectivity index (χ2v) is 7.89. The zero-order valence-corrected chi connectivity index (χ0v) is 18.0. The molecule has 31 heavy (non-hydrogen) atoms. The molecule has 1 fully saturated rings. The molecule has 7 nitrogen and oxygen atoms in total. The fourth-order valence-electron chi connectivity index (χ4n) is 4.03. The third-order valence-corrected chi connectivity index (χ3v) is 5.73. The van der Waals surface area contributed by atoms with Crippen LogP contribution < -0.4 is 4.90 Å². The fourth-order valence-corrected chi connectivity index (χ4v) is 4.03. The predicted molar refractivity (Wildman–Crippen MR) is 120 cm³/mol. The van der Waals surface area contributed by atoms with Crippen molar-refractivity contribution in [3.63, 3.8) is 0 Å². The van der Waals surface area contributed by atoms with Gasteiger partial charge < -0.3 is 14.1 Å². The van der Waals surface area contributed by atoms with Gasteiger partial charge in [-0.25, -0.2) is 14.6 Å². The first-order chi connectivity index (χ1) is 15.2. The van der Waals surface area contributed by atoms with E-state index >= 15 is 0 Å². The number of morpholine rings is 1. The van der Waals surface area contributed by atoms with Crippen LogP contribution >= 0.6 is 0 Å². The lowest BCUT2D eigenvalue weighted by atomic mass is 10.2. The maximum atomic E-state index is 5.58. The van der Waals surface area contributed by atoms with Gasteiger partial charge in [-0.05, 0) is 37.6 Å². The van der Waals surface area contributed by atoms with Gasteiger partial charge in [0.15, 0.2) is 5.65 Å². The van der Waals surface area contributed by atoms with Crippen LogP contribution in [0, 0.1) is 6.92 Å². The first-order valence-electron chi connectivity index (χ1n) is 10.9. The average Bonchev–Trinajstić information content (AvgIpc) is 3.46. The van der Waals surface area contributed by atoms with Crippen LogP contribution in [0.25, 0.3) is 16.7 Å². The molecule has 0 atom stereocenters. The number of aromatic nitrogens is 4. The summed E-state index contributed by atoms with van der Waals surface area (Å²) in [6.07, 6.45) is 4.00. The highest BCUT2D eigenvalue weighted by Gasteiger charge is 2.23. The molecule has 0 unspecified atom stereocenters. The van der Waals surface area contributed by atoms with Crippen molar-refractivity contribution in [1.29, 1.82) is 0 Å². The average molecular weight is 418 g/mol. The molecule has 1 aliphatic heterocycles. The Balaban J connectivity index is 1.65. The molecule has 7 heteroatoms. The van der Waals surface area contributed by atoms with Crippen LogP contribution in [0.3, 0.4) is 0 Å². The van der Waals surface area contributed by atoms with Crippen molar-refractivity contribution in [3.8, 4) is 5.69 Å². The van der Waals surface area contributed by atoms with E-state index in [1.807, 2.05) is 16.8 Å². The maximum Gasteiger partial charge on any atom is 0.169 e. The minimum atomic E-state index is 0.709. The molecule has 0 aliphatic carbocycles. The van der Waals surface area contributed by atoms with E-state index < -0.39 is 0 Å². The molecule has 3 aromatic heterocycles. The number of nitrogens with zero attached hydrogens (tertiary/aromatic N) is 5. The number of hydrogen-bond acceptors (Lipinski definition) is 6. The summed E-state index contributed by atoms with van der Waals surface area (Å²) in [7, 11) is 0. The highest BCUT2D eigenvalue weighted by Crippen LogP contribution is 2.30. The van der Waals surface area contributed by atoms with Crippen LogP contribution in [0.2, 0.25) is 0 Å². The molecule has 1 aromatic carbocycles. The highest BCUT2D eigenvalue weighted by molar-refractivity contribution is 5.91. The van der Waals surface area contributed by atoms with Crippen LogP contribution in [-0.4, -0.2) is 46.1 Å². The Labute approximate surface area is 181 Å². The molecule has 4 heterocycles. The van der Waals surface area contributed by atoms with Gasteiger partial charge in [0.2, 0.25) is 0 Å². The lowest BCUT2D eigenvalue weighted by Crippen LogP contribution is -2.37. The summed E-state index contributed by atoms with van der Waals surface area (Å²) in [5.74, 6) is 2.72. The molecular weight excluding hydrogens is 390 g/mol. The Bertz CT molecular complexity index is 1160. The number of hydrogen-bond donors (Lipinski definition) is 0. The predicted octanol–water partition coefficient (Wildman–Crippen LogP) is 3.90. The summed E-state index contributed by atoms with van der Waals surface area (Å²) in [6, 6.07) is 12.3. The number of anilines is 1. The molecule has 1 aliphatic rings. The molecule has 0 saturated carbocycles. The first kappa shape index (κ1) is 19.8. The zero-order chi connectivity index (χ0) is 21.2. The standard InChI is InChI=1S/C24H27N5O2/c1-3-20-22-23(28-12-15-30-16-13-28)25-21(11-10-19-5-4-14-31-19)26-24(22)29(27-20)18-8-6-17(2)7-9-18/h4-9,14H,3,10-13,15-16H2,1-2H3. The van der Waals surface area contributed by atoms with Crippen molar-refractivity contribution in [2.45, 2.75) is 33.1 Å². The third kappa shape index (κ3) is 3.93. The SMILES string of the molecule is CCc1nn(-c2ccc(C)cc2)c2nc(CCc3ccco3)nc(N3CCOCC3)c12. The Morgan fingerprint density at radius 1 is 1.00 bits per heavy atom. The molecule has 0 spiro atoms. The largest absolute Gasteiger partial charge is 0.469 e. The number of benzene rings is 1. The third-order valence-electron chi connectivity index (χ3n) is 5.73. The van der Waals surface area contributed by atoms with Crippen LogP contribution in [0.1, 0.15) is 29.8 Å². The van der Waals surface area contributed by atoms with E-state index in [1.165, 1.54) is 5.56 Å². The molecule has 0 amide bonds. The lowest BCUT2D eigenvalue weighted by molar-refractivity contribution is 0.122. The van der Waals surface area contributed by atoms with Gasteiger partial charge in [0.25, 0.3) is 0 Å². The van der Waals surface area contributed by atoms with Gasteiger partial charge >= 0.3 is 0 Å². The van der Waals surface area contributed by atoms with Gasteiger partial charge in [0.05, 0.1) is 36.2 Å². The van der Waals surface area contributed by atoms with Crippen LogP contribution in [0.15, 0.2) is 47.1 Å². The number of rotatable bonds is 6. The highest BCUT2D eigenvalue weighted by atomic mass is 16.5. The molecule has 0 radical (unpaired) electrons. The van der Waals surface area contributed by atoms with Gasteiger partial charge in [-0.2, -0.15) is 5.10 Å². The summed E-state index contributed by atoms with van der Waals surface area (Å²) in [4.78, 5) is 12.3. The van der Waals surface area contributed by atoms with Gasteiger partial charge in [-0.3, -0.25) is 0 Å². The molecule has 4 aromatic rings. The van der Waals surface area contributed by atoms with Crippen LogP contribution in [-0.2, 0) is 24.0 Å². The van der Waals surface area contributed by atoms with Crippen molar-refractivity contribution in [2.75, 3.05) is 31.2 Å². The maximum absolute atomic E-state index is 5.58. The number of ether oxygens (including phenoxy) is 1. The van der Waals surface area contributed by atoms with Crippen LogP contribution in [0.4, 0.5) is 5.82 Å². The summed E-state index contributed by atoms with van der Waals surface area (Å²) in [5.41, 5.74) is 4.12. The normalized spacial score (nSPS) is 14.5. The minimum absolute atomic E-state index is 0.709. The number of aryl methyl sites for hydroxylation is 4. The molecule has 0 bridgehead atoms. The molecule has 0 N–H and O–H groups in total. The summed E-state index contributed by atoms with van der Waals surface area (Å²) in [6.45, 7) is 7.29. The Morgan fingerprint density at radius 3 is 2.52 bits per heavy atom. The van der Waals surface area contributed by atoms with E-state index in [0.29, 0.717) is 19.6 Å². The van der Waals surface area contributed by atoms with Crippen molar-refractivity contribution >= 4 is 16.9 Å². The summed E-state index contributed by atoms with van der Waals surface area (Å²) < 4.78 is 13.1. The number of furan rings is 1. The lowest BCUT2D eigenvalue weighted by Gasteiger charge is -2.28. The van der Waals surface area contributed by atoms with E-state index in [0.717, 1.165) is 65.7 Å². The van der Waals surface area contributed by atoms with E-state index in [4.69, 9.17) is 24.2 Å². The topological polar surface area (TPSA) is 69.2 Å². The molecular formula is C24H27N5O2. The monoisotopic (exact) mass is 417 g/mol. The molecule has 160 valence electrons. The second kappa shape index (κ2) is 8.51. The zero-order valence-electron chi connectivity index (χ0n) is 18.0. The van der Waals surface area contributed by atoms with Crippen molar-refractivity contribution in [1.82, 2.24) is 19.7 Å². The van der Waals surface area contributed by atoms with Crippen molar-refractivity contribution in [3.05, 3.63) is 65.5 Å². The fraction of sp³-hybridized carbons (Fsp3) is 0.375. The van der Waals surface area contributed by atoms with Crippen LogP contribution in [0.5, 0.6) is 0 Å². The molecule has 5 rings (SSSR count). The quantitative estimate of drug-likeness (QED) is 0.474. The molecule has 1 saturated heterocycles. The van der Waals surface area contributed by atoms with Gasteiger partial charge in [0, 0.05) is 25.9 Å². The van der Waals surface area contributed by atoms with Gasteiger partial charge in [-0.15, -0.1) is 0 Å². The van der Waals surface area contributed by atoms with Gasteiger partial charge in [0.1, 0.15) is 17.4 Å². The smallest absolute Gasteiger partial charge is 0.169 e. The number of fused-ring (bicyclic) bond motifs is 1. The Kier molecular flexibility index (Phi) is 5.42. The Hall–Kier alpha value is -3.19.